The molecule has 2 aromatic rings. The first-order valence-electron chi connectivity index (χ1n) is 26.7. The van der Waals surface area contributed by atoms with E-state index in [0.717, 1.165) is 6.92 Å². The van der Waals surface area contributed by atoms with E-state index < -0.39 is 163 Å². The van der Waals surface area contributed by atoms with Gasteiger partial charge >= 0.3 is 12.1 Å². The van der Waals surface area contributed by atoms with Crippen molar-refractivity contribution in [1.82, 2.24) is 47.9 Å². The summed E-state index contributed by atoms with van der Waals surface area (Å²) in [5.74, 6) is -12.1. The second-order valence-electron chi connectivity index (χ2n) is 19.9. The SMILES string of the molecule is CC[C@H](C)[C@H](NC(=O)C(NC(=O)[C@@H](NC(=O)OCc1ccccc1)[C@H](N)c1ccccc1)[C@H](O)C(C)C)C(=O)N[C@H](CCCN=C(N)N)C(=O)N[C@H](C(=O)N[C@H](C(=O)NCC(=O)N[C@@H](CO)C(=O)N[C@@H](CO)C(=O)O)[C@H](C)O)[C@@H](C)CC. The van der Waals surface area contributed by atoms with Gasteiger partial charge in [0.25, 0.3) is 0 Å². The predicted molar refractivity (Wildman–Crippen MR) is 297 cm³/mol. The zero-order valence-electron chi connectivity index (χ0n) is 47.1. The fraction of sp³-hybridized carbons (Fsp3) is 0.566. The van der Waals surface area contributed by atoms with Gasteiger partial charge in [0.05, 0.1) is 38.0 Å². The number of aliphatic hydroxyl groups is 4. The third kappa shape index (κ3) is 23.2. The van der Waals surface area contributed by atoms with Crippen molar-refractivity contribution in [3.8, 4) is 0 Å². The molecular weight excluding hydrogens is 1070 g/mol. The Morgan fingerprint density at radius 2 is 1.05 bits per heavy atom. The van der Waals surface area contributed by atoms with Crippen LogP contribution in [0.5, 0.6) is 0 Å². The Morgan fingerprint density at radius 3 is 1.56 bits per heavy atom. The van der Waals surface area contributed by atoms with Crippen LogP contribution < -0.4 is 65.1 Å². The molecule has 82 heavy (non-hydrogen) atoms. The number of aliphatic imine (C=N–C) groups is 1. The van der Waals surface area contributed by atoms with Crippen LogP contribution in [0.1, 0.15) is 91.3 Å². The maximum atomic E-state index is 14.5. The average Bonchev–Trinajstić information content (AvgIpc) is 3.48. The van der Waals surface area contributed by atoms with Gasteiger partial charge in [-0.15, -0.1) is 0 Å². The lowest BCUT2D eigenvalue weighted by Crippen LogP contribution is -2.64. The van der Waals surface area contributed by atoms with Crippen LogP contribution in [0.25, 0.3) is 0 Å². The van der Waals surface area contributed by atoms with Gasteiger partial charge in [0.15, 0.2) is 5.96 Å². The lowest BCUT2D eigenvalue weighted by molar-refractivity contribution is -0.143. The van der Waals surface area contributed by atoms with E-state index in [1.807, 2.05) is 5.32 Å². The van der Waals surface area contributed by atoms with Crippen LogP contribution >= 0.6 is 0 Å². The van der Waals surface area contributed by atoms with Crippen LogP contribution in [0.15, 0.2) is 65.7 Å². The molecule has 0 aromatic heterocycles. The minimum absolute atomic E-state index is 0.0161. The summed E-state index contributed by atoms with van der Waals surface area (Å²) in [6.07, 6.45) is -3.77. The topological polar surface area (TPSA) is 480 Å². The third-order valence-corrected chi connectivity index (χ3v) is 13.2. The largest absolute Gasteiger partial charge is 0.480 e. The molecule has 0 heterocycles. The molecule has 9 amide bonds. The average molecular weight is 1160 g/mol. The first-order valence-corrected chi connectivity index (χ1v) is 26.7. The van der Waals surface area contributed by atoms with E-state index >= 15 is 0 Å². The molecule has 0 saturated carbocycles. The van der Waals surface area contributed by atoms with E-state index in [1.54, 1.807) is 102 Å². The molecule has 13 atom stereocenters. The summed E-state index contributed by atoms with van der Waals surface area (Å²) in [6, 6.07) is 2.88. The molecule has 1 unspecified atom stereocenters. The molecule has 29 heteroatoms. The molecule has 0 fully saturated rings. The van der Waals surface area contributed by atoms with E-state index in [4.69, 9.17) is 27.0 Å². The second-order valence-corrected chi connectivity index (χ2v) is 19.9. The summed E-state index contributed by atoms with van der Waals surface area (Å²) in [5, 5.41) is 71.5. The number of aliphatic hydroxyl groups excluding tert-OH is 4. The molecule has 2 rings (SSSR count). The lowest BCUT2D eigenvalue weighted by Gasteiger charge is -2.32. The van der Waals surface area contributed by atoms with Gasteiger partial charge in [0, 0.05) is 6.54 Å². The number of carboxylic acids is 1. The van der Waals surface area contributed by atoms with Gasteiger partial charge in [-0.3, -0.25) is 43.3 Å². The molecule has 0 aliphatic rings. The zero-order valence-corrected chi connectivity index (χ0v) is 47.1. The number of nitrogens with zero attached hydrogens (tertiary/aromatic N) is 1. The van der Waals surface area contributed by atoms with Crippen molar-refractivity contribution in [3.63, 3.8) is 0 Å². The number of aliphatic carboxylic acids is 1. The molecule has 0 radical (unpaired) electrons. The molecule has 20 N–H and O–H groups in total. The fourth-order valence-electron chi connectivity index (χ4n) is 7.77. The van der Waals surface area contributed by atoms with Gasteiger partial charge in [-0.25, -0.2) is 9.59 Å². The smallest absolute Gasteiger partial charge is 0.408 e. The van der Waals surface area contributed by atoms with Crippen LogP contribution in [-0.4, -0.2) is 178 Å². The number of carbonyl (C=O) groups excluding carboxylic acids is 9. The summed E-state index contributed by atoms with van der Waals surface area (Å²) in [6.45, 7) is 7.86. The summed E-state index contributed by atoms with van der Waals surface area (Å²) < 4.78 is 5.38. The number of carboxylic acid groups (broad SMARTS) is 1. The van der Waals surface area contributed by atoms with Crippen molar-refractivity contribution < 1.29 is 78.2 Å². The summed E-state index contributed by atoms with van der Waals surface area (Å²) in [7, 11) is 0. The molecule has 0 saturated heterocycles. The van der Waals surface area contributed by atoms with Crippen LogP contribution in [-0.2, 0) is 54.5 Å². The van der Waals surface area contributed by atoms with Gasteiger partial charge in [-0.1, -0.05) is 115 Å². The van der Waals surface area contributed by atoms with Gasteiger partial charge in [-0.05, 0) is 48.6 Å². The summed E-state index contributed by atoms with van der Waals surface area (Å²) >= 11 is 0. The van der Waals surface area contributed by atoms with Crippen molar-refractivity contribution in [3.05, 3.63) is 71.8 Å². The normalized spacial score (nSPS) is 15.9. The fourth-order valence-corrected chi connectivity index (χ4v) is 7.77. The van der Waals surface area contributed by atoms with Crippen LogP contribution in [0.3, 0.4) is 0 Å². The van der Waals surface area contributed by atoms with Crippen molar-refractivity contribution in [2.24, 2.45) is 39.9 Å². The molecule has 29 nitrogen and oxygen atoms in total. The van der Waals surface area contributed by atoms with Crippen LogP contribution in [0, 0.1) is 17.8 Å². The molecule has 0 bridgehead atoms. The first kappa shape index (κ1) is 70.1. The van der Waals surface area contributed by atoms with E-state index in [-0.39, 0.29) is 44.8 Å². The number of hydrogen-bond donors (Lipinski definition) is 17. The molecular formula is C53H83N13O16. The van der Waals surface area contributed by atoms with E-state index in [2.05, 4.69) is 47.5 Å². The van der Waals surface area contributed by atoms with Crippen molar-refractivity contribution in [1.29, 1.82) is 0 Å². The third-order valence-electron chi connectivity index (χ3n) is 13.2. The summed E-state index contributed by atoms with van der Waals surface area (Å²) in [4.78, 5) is 138. The number of alkyl carbamates (subject to hydrolysis) is 1. The summed E-state index contributed by atoms with van der Waals surface area (Å²) in [5.41, 5.74) is 18.7. The van der Waals surface area contributed by atoms with Crippen molar-refractivity contribution in [2.75, 3.05) is 26.3 Å². The quantitative estimate of drug-likeness (QED) is 0.0178. The van der Waals surface area contributed by atoms with Crippen LogP contribution in [0.2, 0.25) is 0 Å². The van der Waals surface area contributed by atoms with Gasteiger partial charge in [0.1, 0.15) is 54.9 Å². The van der Waals surface area contributed by atoms with E-state index in [1.165, 1.54) is 0 Å². The molecule has 0 aliphatic carbocycles. The second kappa shape index (κ2) is 35.7. The van der Waals surface area contributed by atoms with E-state index in [0.29, 0.717) is 11.1 Å². The van der Waals surface area contributed by atoms with Crippen LogP contribution in [0.4, 0.5) is 4.79 Å². The highest BCUT2D eigenvalue weighted by atomic mass is 16.5. The Hall–Kier alpha value is -7.99. The Kier molecular flexibility index (Phi) is 30.5. The molecule has 0 spiro atoms. The highest BCUT2D eigenvalue weighted by molar-refractivity contribution is 5.98. The van der Waals surface area contributed by atoms with Gasteiger partial charge in [0.2, 0.25) is 47.3 Å². The number of benzene rings is 2. The van der Waals surface area contributed by atoms with Gasteiger partial charge < -0.3 is 95.3 Å². The zero-order chi connectivity index (χ0) is 61.8. The number of rotatable bonds is 35. The molecule has 0 aliphatic heterocycles. The number of carbonyl (C=O) groups is 10. The monoisotopic (exact) mass is 1160 g/mol. The maximum absolute atomic E-state index is 14.5. The first-order chi connectivity index (χ1) is 38.7. The number of guanidine groups is 1. The van der Waals surface area contributed by atoms with Gasteiger partial charge in [-0.2, -0.15) is 0 Å². The Labute approximate surface area is 475 Å². The number of nitrogens with two attached hydrogens (primary N) is 3. The number of ether oxygens (including phenoxy) is 1. The number of amides is 9. The standard InChI is InChI=1S/C53H83N13O16/c1-8-28(5)38(63-50(78)42(43(71)27(3)4)65-49(77)41(37(54)32-19-14-11-15-20-32)66-53(81)82-26-31-17-12-10-13-18-31)47(75)60-33(21-16-22-57-52(55)56)44(72)62-39(29(6)9-2)48(76)64-40(30(7)69)46(74)58-23-36(70)59-34(24-67)45(73)61-35(25-68)51(79)80/h10-15,17-20,27-30,33-35,37-43,67-69,71H,8-9,16,21-26,54H2,1-7H3,(H,58,74)(H,59,70)(H,60,75)(H,61,73)(H,62,72)(H,63,78)(H,64,76)(H,65,77)(H,66,81)(H,79,80)(H4,55,56,57)/t28-,29-,30-,33+,34-,35-,37+,38-,39-,40-,41-,42?,43+/m0/s1. The Bertz CT molecular complexity index is 2450. The highest BCUT2D eigenvalue weighted by Crippen LogP contribution is 2.18. The predicted octanol–water partition coefficient (Wildman–Crippen LogP) is -3.90. The molecule has 456 valence electrons. The minimum atomic E-state index is -1.76. The van der Waals surface area contributed by atoms with E-state index in [9.17, 15) is 68.4 Å². The number of nitrogens with one attached hydrogen (secondary N) is 9. The lowest BCUT2D eigenvalue weighted by atomic mass is 9.94. The maximum Gasteiger partial charge on any atom is 0.408 e. The van der Waals surface area contributed by atoms with Crippen molar-refractivity contribution >= 4 is 65.3 Å². The molecule has 2 aromatic carbocycles. The highest BCUT2D eigenvalue weighted by Gasteiger charge is 2.40. The minimum Gasteiger partial charge on any atom is -0.480 e. The Balaban J connectivity index is 2.43. The Morgan fingerprint density at radius 1 is 0.573 bits per heavy atom. The number of hydrogen-bond acceptors (Lipinski definition) is 17. The van der Waals surface area contributed by atoms with Crippen molar-refractivity contribution in [2.45, 2.75) is 147 Å².